The molecule has 1 aliphatic heterocycles. The fourth-order valence-corrected chi connectivity index (χ4v) is 3.71. The molecule has 2 aromatic rings. The van der Waals surface area contributed by atoms with Crippen LogP contribution in [0.15, 0.2) is 48.5 Å². The minimum atomic E-state index is 0. The topological polar surface area (TPSA) is 41.6 Å². The molecule has 4 nitrogen and oxygen atoms in total. The molecule has 5 heteroatoms. The van der Waals surface area contributed by atoms with Crippen LogP contribution in [0, 0.1) is 12.8 Å². The number of piperidine rings is 1. The summed E-state index contributed by atoms with van der Waals surface area (Å²) in [6.45, 7) is 5.35. The molecule has 0 saturated carbocycles. The number of nitrogens with one attached hydrogen (secondary N) is 1. The molecule has 28 heavy (non-hydrogen) atoms. The first kappa shape index (κ1) is 22.3. The van der Waals surface area contributed by atoms with Crippen LogP contribution in [0.1, 0.15) is 29.5 Å². The highest BCUT2D eigenvalue weighted by molar-refractivity contribution is 5.85. The van der Waals surface area contributed by atoms with Crippen LogP contribution in [0.5, 0.6) is 5.75 Å². The molecule has 0 aromatic heterocycles. The predicted octanol–water partition coefficient (Wildman–Crippen LogP) is 4.00. The lowest BCUT2D eigenvalue weighted by atomic mass is 9.97. The molecule has 1 unspecified atom stereocenters. The summed E-state index contributed by atoms with van der Waals surface area (Å²) in [5.41, 5.74) is 3.42. The number of hydrogen-bond donors (Lipinski definition) is 1. The van der Waals surface area contributed by atoms with Crippen LogP contribution in [0.3, 0.4) is 0 Å². The van der Waals surface area contributed by atoms with Crippen molar-refractivity contribution in [3.63, 3.8) is 0 Å². The largest absolute Gasteiger partial charge is 0.489 e. The molecule has 1 fully saturated rings. The van der Waals surface area contributed by atoms with E-state index in [9.17, 15) is 4.79 Å². The first-order valence-corrected chi connectivity index (χ1v) is 9.84. The van der Waals surface area contributed by atoms with Gasteiger partial charge in [0.1, 0.15) is 12.4 Å². The van der Waals surface area contributed by atoms with Gasteiger partial charge >= 0.3 is 0 Å². The zero-order chi connectivity index (χ0) is 19.1. The Bertz CT molecular complexity index is 764. The van der Waals surface area contributed by atoms with Crippen LogP contribution < -0.4 is 10.1 Å². The smallest absolute Gasteiger partial charge is 0.227 e. The van der Waals surface area contributed by atoms with Crippen LogP contribution >= 0.6 is 12.4 Å². The average molecular weight is 403 g/mol. The van der Waals surface area contributed by atoms with Crippen molar-refractivity contribution < 1.29 is 9.53 Å². The van der Waals surface area contributed by atoms with Gasteiger partial charge in [-0.2, -0.15) is 0 Å². The van der Waals surface area contributed by atoms with Crippen molar-refractivity contribution in [3.8, 4) is 5.75 Å². The summed E-state index contributed by atoms with van der Waals surface area (Å²) in [5.74, 6) is 1.60. The monoisotopic (exact) mass is 402 g/mol. The van der Waals surface area contributed by atoms with Gasteiger partial charge < -0.3 is 15.0 Å². The van der Waals surface area contributed by atoms with Crippen molar-refractivity contribution in [2.75, 3.05) is 26.7 Å². The van der Waals surface area contributed by atoms with Gasteiger partial charge in [0.25, 0.3) is 0 Å². The molecular weight excluding hydrogens is 372 g/mol. The van der Waals surface area contributed by atoms with Crippen molar-refractivity contribution in [2.45, 2.75) is 32.8 Å². The average Bonchev–Trinajstić information content (AvgIpc) is 2.68. The van der Waals surface area contributed by atoms with Gasteiger partial charge in [-0.3, -0.25) is 4.79 Å². The maximum Gasteiger partial charge on any atom is 0.227 e. The molecule has 0 bridgehead atoms. The first-order valence-electron chi connectivity index (χ1n) is 9.84. The molecule has 1 heterocycles. The molecule has 0 aliphatic carbocycles. The fourth-order valence-electron chi connectivity index (χ4n) is 3.71. The summed E-state index contributed by atoms with van der Waals surface area (Å²) in [7, 11) is 1.98. The highest BCUT2D eigenvalue weighted by Crippen LogP contribution is 2.20. The number of hydrogen-bond acceptors (Lipinski definition) is 3. The third-order valence-electron chi connectivity index (χ3n) is 5.27. The molecule has 1 atom stereocenters. The van der Waals surface area contributed by atoms with Crippen LogP contribution in [0.4, 0.5) is 0 Å². The van der Waals surface area contributed by atoms with Gasteiger partial charge in [-0.05, 0) is 68.1 Å². The lowest BCUT2D eigenvalue weighted by molar-refractivity contribution is -0.132. The van der Waals surface area contributed by atoms with Crippen molar-refractivity contribution in [2.24, 2.45) is 5.92 Å². The summed E-state index contributed by atoms with van der Waals surface area (Å²) in [6, 6.07) is 16.2. The molecule has 2 aromatic carbocycles. The molecule has 0 spiro atoms. The maximum absolute atomic E-state index is 12.7. The number of rotatable bonds is 7. The molecule has 1 amide bonds. The van der Waals surface area contributed by atoms with Crippen LogP contribution in [-0.4, -0.2) is 37.5 Å². The third-order valence-corrected chi connectivity index (χ3v) is 5.27. The van der Waals surface area contributed by atoms with E-state index in [2.05, 4.69) is 24.4 Å². The van der Waals surface area contributed by atoms with E-state index in [1.54, 1.807) is 0 Å². The minimum absolute atomic E-state index is 0. The number of ether oxygens (including phenoxy) is 1. The molecule has 1 saturated heterocycles. The van der Waals surface area contributed by atoms with Gasteiger partial charge in [-0.1, -0.05) is 36.4 Å². The zero-order valence-electron chi connectivity index (χ0n) is 16.8. The number of amides is 1. The SMILES string of the molecule is CNCC1CCCN(C(=O)Cc2cccc(OCc3ccccc3C)c2)C1.Cl. The lowest BCUT2D eigenvalue weighted by Gasteiger charge is -2.32. The van der Waals surface area contributed by atoms with Crippen molar-refractivity contribution in [3.05, 3.63) is 65.2 Å². The Morgan fingerprint density at radius 1 is 1.21 bits per heavy atom. The summed E-state index contributed by atoms with van der Waals surface area (Å²) in [4.78, 5) is 14.7. The Hall–Kier alpha value is -2.04. The van der Waals surface area contributed by atoms with Crippen LogP contribution in [0.25, 0.3) is 0 Å². The van der Waals surface area contributed by atoms with Gasteiger partial charge in [-0.25, -0.2) is 0 Å². The Balaban J connectivity index is 0.00000280. The Morgan fingerprint density at radius 2 is 2.04 bits per heavy atom. The van der Waals surface area contributed by atoms with E-state index in [0.717, 1.165) is 37.4 Å². The summed E-state index contributed by atoms with van der Waals surface area (Å²) < 4.78 is 5.96. The summed E-state index contributed by atoms with van der Waals surface area (Å²) in [5, 5.41) is 3.23. The number of nitrogens with zero attached hydrogens (tertiary/aromatic N) is 1. The van der Waals surface area contributed by atoms with Gasteiger partial charge in [0.15, 0.2) is 0 Å². The van der Waals surface area contributed by atoms with Gasteiger partial charge in [0.05, 0.1) is 6.42 Å². The van der Waals surface area contributed by atoms with Crippen molar-refractivity contribution in [1.29, 1.82) is 0 Å². The highest BCUT2D eigenvalue weighted by atomic mass is 35.5. The van der Waals surface area contributed by atoms with E-state index in [1.807, 2.05) is 48.3 Å². The van der Waals surface area contributed by atoms with E-state index in [-0.39, 0.29) is 18.3 Å². The zero-order valence-corrected chi connectivity index (χ0v) is 17.6. The molecule has 0 radical (unpaired) electrons. The third kappa shape index (κ3) is 6.25. The van der Waals surface area contributed by atoms with Gasteiger partial charge in [0, 0.05) is 13.1 Å². The summed E-state index contributed by atoms with van der Waals surface area (Å²) >= 11 is 0. The molecule has 152 valence electrons. The highest BCUT2D eigenvalue weighted by Gasteiger charge is 2.23. The molecule has 1 N–H and O–H groups in total. The molecular formula is C23H31ClN2O2. The maximum atomic E-state index is 12.7. The first-order chi connectivity index (χ1) is 13.2. The van der Waals surface area contributed by atoms with E-state index >= 15 is 0 Å². The number of likely N-dealkylation sites (tertiary alicyclic amines) is 1. The van der Waals surface area contributed by atoms with E-state index in [4.69, 9.17) is 4.74 Å². The fraction of sp³-hybridized carbons (Fsp3) is 0.435. The normalized spacial score (nSPS) is 16.4. The van der Waals surface area contributed by atoms with E-state index in [1.165, 1.54) is 17.5 Å². The Kier molecular flexibility index (Phi) is 8.81. The van der Waals surface area contributed by atoms with Gasteiger partial charge in [-0.15, -0.1) is 12.4 Å². The van der Waals surface area contributed by atoms with Crippen LogP contribution in [0.2, 0.25) is 0 Å². The molecule has 3 rings (SSSR count). The number of aryl methyl sites for hydroxylation is 1. The number of halogens is 1. The van der Waals surface area contributed by atoms with Crippen molar-refractivity contribution in [1.82, 2.24) is 10.2 Å². The predicted molar refractivity (Wildman–Crippen MR) is 116 cm³/mol. The molecule has 1 aliphatic rings. The minimum Gasteiger partial charge on any atom is -0.489 e. The van der Waals surface area contributed by atoms with Crippen LogP contribution in [-0.2, 0) is 17.8 Å². The quantitative estimate of drug-likeness (QED) is 0.761. The number of benzene rings is 2. The van der Waals surface area contributed by atoms with Gasteiger partial charge in [0.2, 0.25) is 5.91 Å². The van der Waals surface area contributed by atoms with E-state index in [0.29, 0.717) is 18.9 Å². The number of carbonyl (C=O) groups is 1. The second kappa shape index (κ2) is 11.1. The Morgan fingerprint density at radius 3 is 2.82 bits per heavy atom. The number of carbonyl (C=O) groups excluding carboxylic acids is 1. The summed E-state index contributed by atoms with van der Waals surface area (Å²) in [6.07, 6.45) is 2.73. The Labute approximate surface area is 174 Å². The standard InChI is InChI=1S/C23H30N2O2.ClH/c1-18-7-3-4-10-21(18)17-27-22-11-5-8-19(13-22)14-23(26)25-12-6-9-20(16-25)15-24-2;/h3-5,7-8,10-11,13,20,24H,6,9,12,14-17H2,1-2H3;1H. The second-order valence-electron chi connectivity index (χ2n) is 7.45. The van der Waals surface area contributed by atoms with E-state index < -0.39 is 0 Å². The van der Waals surface area contributed by atoms with Crippen molar-refractivity contribution >= 4 is 18.3 Å². The lowest BCUT2D eigenvalue weighted by Crippen LogP contribution is -2.43. The second-order valence-corrected chi connectivity index (χ2v) is 7.45.